The second-order valence-corrected chi connectivity index (χ2v) is 5.98. The molecule has 1 atom stereocenters. The lowest BCUT2D eigenvalue weighted by Crippen LogP contribution is -2.38. The third-order valence-electron chi connectivity index (χ3n) is 3.89. The fourth-order valence-corrected chi connectivity index (χ4v) is 2.59. The minimum Gasteiger partial charge on any atom is -0.345 e. The predicted molar refractivity (Wildman–Crippen MR) is 96.2 cm³/mol. The van der Waals surface area contributed by atoms with Crippen LogP contribution in [0.2, 0.25) is 0 Å². The Bertz CT molecular complexity index is 883. The van der Waals surface area contributed by atoms with E-state index in [2.05, 4.69) is 20.6 Å². The number of fused-ring (bicyclic) bond motifs is 1. The van der Waals surface area contributed by atoms with Gasteiger partial charge < -0.3 is 15.6 Å². The number of aromatic amines is 1. The van der Waals surface area contributed by atoms with Gasteiger partial charge in [-0.05, 0) is 38.1 Å². The van der Waals surface area contributed by atoms with Crippen molar-refractivity contribution in [2.45, 2.75) is 19.9 Å². The van der Waals surface area contributed by atoms with E-state index in [1.807, 2.05) is 50.2 Å². The highest BCUT2D eigenvalue weighted by molar-refractivity contribution is 5.96. The monoisotopic (exact) mass is 336 g/mol. The normalized spacial score (nSPS) is 11.9. The molecule has 3 rings (SSSR count). The summed E-state index contributed by atoms with van der Waals surface area (Å²) in [5.74, 6) is 0.142. The molecule has 2 amide bonds. The van der Waals surface area contributed by atoms with E-state index in [1.54, 1.807) is 12.1 Å². The van der Waals surface area contributed by atoms with Crippen LogP contribution in [0.3, 0.4) is 0 Å². The molecule has 0 saturated carbocycles. The van der Waals surface area contributed by atoms with E-state index in [-0.39, 0.29) is 24.4 Å². The molecule has 0 aliphatic heterocycles. The Morgan fingerprint density at radius 2 is 1.96 bits per heavy atom. The van der Waals surface area contributed by atoms with E-state index in [0.29, 0.717) is 11.4 Å². The van der Waals surface area contributed by atoms with Crippen LogP contribution in [0.25, 0.3) is 11.0 Å². The second-order valence-electron chi connectivity index (χ2n) is 5.98. The Hall–Kier alpha value is -3.15. The molecule has 1 aromatic heterocycles. The number of rotatable bonds is 5. The molecule has 3 aromatic rings. The SMILES string of the molecule is Cc1cccc(C(=O)NCC(=O)NC(C)c2nc3ccccc3[nH]2)c1. The number of H-pyrrole nitrogens is 1. The minimum atomic E-state index is -0.282. The smallest absolute Gasteiger partial charge is 0.251 e. The molecule has 0 aliphatic rings. The van der Waals surface area contributed by atoms with Crippen molar-refractivity contribution >= 4 is 22.8 Å². The summed E-state index contributed by atoms with van der Waals surface area (Å²) in [6.45, 7) is 3.67. The number of para-hydroxylation sites is 2. The van der Waals surface area contributed by atoms with Gasteiger partial charge in [0.15, 0.2) is 0 Å². The Labute approximate surface area is 145 Å². The zero-order valence-corrected chi connectivity index (χ0v) is 14.2. The van der Waals surface area contributed by atoms with Crippen LogP contribution in [0.15, 0.2) is 48.5 Å². The van der Waals surface area contributed by atoms with Crippen LogP contribution >= 0.6 is 0 Å². The van der Waals surface area contributed by atoms with Crippen LogP contribution in [0, 0.1) is 6.92 Å². The van der Waals surface area contributed by atoms with Crippen LogP contribution in [-0.4, -0.2) is 28.3 Å². The van der Waals surface area contributed by atoms with Crippen molar-refractivity contribution < 1.29 is 9.59 Å². The van der Waals surface area contributed by atoms with Gasteiger partial charge in [-0.2, -0.15) is 0 Å². The van der Waals surface area contributed by atoms with E-state index in [1.165, 1.54) is 0 Å². The summed E-state index contributed by atoms with van der Waals surface area (Å²) in [5, 5.41) is 5.46. The molecule has 0 saturated heterocycles. The lowest BCUT2D eigenvalue weighted by Gasteiger charge is -2.12. The molecule has 0 radical (unpaired) electrons. The molecule has 2 aromatic carbocycles. The molecule has 25 heavy (non-hydrogen) atoms. The lowest BCUT2D eigenvalue weighted by atomic mass is 10.1. The largest absolute Gasteiger partial charge is 0.345 e. The van der Waals surface area contributed by atoms with Gasteiger partial charge in [0.1, 0.15) is 5.82 Å². The predicted octanol–water partition coefficient (Wildman–Crippen LogP) is 2.48. The first kappa shape index (κ1) is 16.7. The van der Waals surface area contributed by atoms with E-state index in [0.717, 1.165) is 16.6 Å². The quantitative estimate of drug-likeness (QED) is 0.669. The molecule has 1 unspecified atom stereocenters. The van der Waals surface area contributed by atoms with Crippen molar-refractivity contribution in [2.75, 3.05) is 6.54 Å². The average Bonchev–Trinajstić information content (AvgIpc) is 3.04. The maximum absolute atomic E-state index is 12.1. The molecule has 128 valence electrons. The number of aryl methyl sites for hydroxylation is 1. The number of amides is 2. The average molecular weight is 336 g/mol. The summed E-state index contributed by atoms with van der Waals surface area (Å²) in [7, 11) is 0. The third-order valence-corrected chi connectivity index (χ3v) is 3.89. The van der Waals surface area contributed by atoms with Crippen LogP contribution in [0.5, 0.6) is 0 Å². The van der Waals surface area contributed by atoms with Gasteiger partial charge in [-0.25, -0.2) is 4.98 Å². The number of carbonyl (C=O) groups excluding carboxylic acids is 2. The lowest BCUT2D eigenvalue weighted by molar-refractivity contribution is -0.120. The molecule has 6 heteroatoms. The van der Waals surface area contributed by atoms with E-state index in [4.69, 9.17) is 0 Å². The van der Waals surface area contributed by atoms with Crippen LogP contribution in [-0.2, 0) is 4.79 Å². The molecular formula is C19H20N4O2. The molecule has 0 spiro atoms. The Morgan fingerprint density at radius 1 is 1.16 bits per heavy atom. The van der Waals surface area contributed by atoms with Gasteiger partial charge >= 0.3 is 0 Å². The zero-order chi connectivity index (χ0) is 17.8. The first-order valence-corrected chi connectivity index (χ1v) is 8.12. The number of aromatic nitrogens is 2. The number of imidazole rings is 1. The fraction of sp³-hybridized carbons (Fsp3) is 0.211. The number of carbonyl (C=O) groups is 2. The molecule has 0 aliphatic carbocycles. The topological polar surface area (TPSA) is 86.9 Å². The number of nitrogens with one attached hydrogen (secondary N) is 3. The number of hydrogen-bond donors (Lipinski definition) is 3. The Balaban J connectivity index is 1.55. The van der Waals surface area contributed by atoms with Crippen molar-refractivity contribution in [2.24, 2.45) is 0 Å². The third kappa shape index (κ3) is 4.03. The summed E-state index contributed by atoms with van der Waals surface area (Å²) in [6, 6.07) is 14.6. The van der Waals surface area contributed by atoms with Gasteiger partial charge in [0.05, 0.1) is 23.6 Å². The highest BCUT2D eigenvalue weighted by Gasteiger charge is 2.14. The van der Waals surface area contributed by atoms with Crippen molar-refractivity contribution in [3.63, 3.8) is 0 Å². The summed E-state index contributed by atoms with van der Waals surface area (Å²) in [4.78, 5) is 31.8. The van der Waals surface area contributed by atoms with Gasteiger partial charge in [-0.15, -0.1) is 0 Å². The maximum atomic E-state index is 12.1. The van der Waals surface area contributed by atoms with E-state index in [9.17, 15) is 9.59 Å². The standard InChI is InChI=1S/C19H20N4O2/c1-12-6-5-7-14(10-12)19(25)20-11-17(24)21-13(2)18-22-15-8-3-4-9-16(15)23-18/h3-10,13H,11H2,1-2H3,(H,20,25)(H,21,24)(H,22,23). The molecule has 0 bridgehead atoms. The van der Waals surface area contributed by atoms with Crippen LogP contribution < -0.4 is 10.6 Å². The molecule has 1 heterocycles. The summed E-state index contributed by atoms with van der Waals surface area (Å²) in [6.07, 6.45) is 0. The first-order chi connectivity index (χ1) is 12.0. The minimum absolute atomic E-state index is 0.0860. The van der Waals surface area contributed by atoms with Gasteiger partial charge in [0, 0.05) is 5.56 Å². The summed E-state index contributed by atoms with van der Waals surface area (Å²) < 4.78 is 0. The van der Waals surface area contributed by atoms with Crippen molar-refractivity contribution in [1.29, 1.82) is 0 Å². The summed E-state index contributed by atoms with van der Waals surface area (Å²) in [5.41, 5.74) is 3.31. The van der Waals surface area contributed by atoms with Gasteiger partial charge in [-0.3, -0.25) is 9.59 Å². The van der Waals surface area contributed by atoms with Crippen molar-refractivity contribution in [3.8, 4) is 0 Å². The van der Waals surface area contributed by atoms with E-state index < -0.39 is 0 Å². The first-order valence-electron chi connectivity index (χ1n) is 8.12. The number of hydrogen-bond acceptors (Lipinski definition) is 3. The van der Waals surface area contributed by atoms with Crippen molar-refractivity contribution in [1.82, 2.24) is 20.6 Å². The highest BCUT2D eigenvalue weighted by Crippen LogP contribution is 2.15. The van der Waals surface area contributed by atoms with E-state index >= 15 is 0 Å². The zero-order valence-electron chi connectivity index (χ0n) is 14.2. The van der Waals surface area contributed by atoms with Crippen LogP contribution in [0.4, 0.5) is 0 Å². The molecule has 6 nitrogen and oxygen atoms in total. The Morgan fingerprint density at radius 3 is 2.72 bits per heavy atom. The van der Waals surface area contributed by atoms with Gasteiger partial charge in [0.2, 0.25) is 5.91 Å². The molecule has 3 N–H and O–H groups in total. The fourth-order valence-electron chi connectivity index (χ4n) is 2.59. The second kappa shape index (κ2) is 7.17. The number of nitrogens with zero attached hydrogens (tertiary/aromatic N) is 1. The molecule has 0 fully saturated rings. The van der Waals surface area contributed by atoms with Crippen LogP contribution in [0.1, 0.15) is 34.7 Å². The highest BCUT2D eigenvalue weighted by atomic mass is 16.2. The van der Waals surface area contributed by atoms with Gasteiger partial charge in [0.25, 0.3) is 5.91 Å². The number of benzene rings is 2. The summed E-state index contributed by atoms with van der Waals surface area (Å²) >= 11 is 0. The maximum Gasteiger partial charge on any atom is 0.251 e. The van der Waals surface area contributed by atoms with Gasteiger partial charge in [-0.1, -0.05) is 29.8 Å². The van der Waals surface area contributed by atoms with Crippen molar-refractivity contribution in [3.05, 3.63) is 65.5 Å². The Kier molecular flexibility index (Phi) is 4.79. The molecular weight excluding hydrogens is 316 g/mol.